The predicted octanol–water partition coefficient (Wildman–Crippen LogP) is 1.59. The Morgan fingerprint density at radius 3 is 2.93 bits per heavy atom. The number of fused-ring (bicyclic) bond motifs is 1. The molecule has 0 spiro atoms. The van der Waals surface area contributed by atoms with Crippen LogP contribution in [0.15, 0.2) is 18.2 Å². The lowest BCUT2D eigenvalue weighted by Crippen LogP contribution is -2.22. The van der Waals surface area contributed by atoms with Gasteiger partial charge in [-0.25, -0.2) is 4.79 Å². The Labute approximate surface area is 93.4 Å². The van der Waals surface area contributed by atoms with Gasteiger partial charge < -0.3 is 15.6 Å². The summed E-state index contributed by atoms with van der Waals surface area (Å²) in [4.78, 5) is 10.9. The van der Waals surface area contributed by atoms with E-state index in [0.717, 1.165) is 12.0 Å². The third-order valence-electron chi connectivity index (χ3n) is 2.35. The summed E-state index contributed by atoms with van der Waals surface area (Å²) in [6.45, 7) is 0.485. The van der Waals surface area contributed by atoms with Crippen LogP contribution in [0, 0.1) is 0 Å². The lowest BCUT2D eigenvalue weighted by Gasteiger charge is -2.23. The summed E-state index contributed by atoms with van der Waals surface area (Å²) in [7, 11) is 0. The van der Waals surface area contributed by atoms with Crippen molar-refractivity contribution >= 4 is 18.4 Å². The van der Waals surface area contributed by atoms with Crippen molar-refractivity contribution in [3.8, 4) is 5.75 Å². The van der Waals surface area contributed by atoms with Crippen LogP contribution >= 0.6 is 12.4 Å². The number of para-hydroxylation sites is 1. The first-order chi connectivity index (χ1) is 6.70. The summed E-state index contributed by atoms with van der Waals surface area (Å²) in [6.07, 6.45) is 0.732. The fourth-order valence-electron chi connectivity index (χ4n) is 1.62. The first-order valence-electron chi connectivity index (χ1n) is 4.44. The fraction of sp³-hybridized carbons (Fsp3) is 0.300. The molecule has 0 bridgehead atoms. The lowest BCUT2D eigenvalue weighted by atomic mass is 9.98. The standard InChI is InChI=1S/C10H11NO3.ClH/c11-8-4-5-14-9-6(8)2-1-3-7(9)10(12)13;/h1-3,8H,4-5,11H2,(H,12,13);1H/t8-;/m1./s1. The highest BCUT2D eigenvalue weighted by Crippen LogP contribution is 2.33. The zero-order chi connectivity index (χ0) is 10.1. The molecule has 0 aliphatic carbocycles. The molecule has 0 unspecified atom stereocenters. The van der Waals surface area contributed by atoms with Gasteiger partial charge in [-0.15, -0.1) is 12.4 Å². The molecule has 1 aromatic carbocycles. The van der Waals surface area contributed by atoms with Gasteiger partial charge in [-0.2, -0.15) is 0 Å². The number of ether oxygens (including phenoxy) is 1. The minimum atomic E-state index is -0.976. The Kier molecular flexibility index (Phi) is 3.55. The number of aromatic carboxylic acids is 1. The molecular formula is C10H12ClNO3. The second-order valence-electron chi connectivity index (χ2n) is 3.27. The van der Waals surface area contributed by atoms with Crippen molar-refractivity contribution in [2.45, 2.75) is 12.5 Å². The molecule has 1 aromatic rings. The topological polar surface area (TPSA) is 72.5 Å². The van der Waals surface area contributed by atoms with E-state index in [2.05, 4.69) is 0 Å². The van der Waals surface area contributed by atoms with Gasteiger partial charge in [0.25, 0.3) is 0 Å². The number of hydrogen-bond donors (Lipinski definition) is 2. The van der Waals surface area contributed by atoms with Gasteiger partial charge in [-0.1, -0.05) is 12.1 Å². The van der Waals surface area contributed by atoms with E-state index >= 15 is 0 Å². The number of carboxylic acids is 1. The van der Waals surface area contributed by atoms with E-state index < -0.39 is 5.97 Å². The summed E-state index contributed by atoms with van der Waals surface area (Å²) >= 11 is 0. The van der Waals surface area contributed by atoms with Crippen molar-refractivity contribution in [1.29, 1.82) is 0 Å². The molecule has 1 aliphatic rings. The van der Waals surface area contributed by atoms with Gasteiger partial charge in [0.1, 0.15) is 11.3 Å². The maximum atomic E-state index is 10.9. The van der Waals surface area contributed by atoms with Crippen molar-refractivity contribution in [2.24, 2.45) is 5.73 Å². The maximum Gasteiger partial charge on any atom is 0.339 e. The Bertz CT molecular complexity index is 381. The second kappa shape index (κ2) is 4.51. The minimum Gasteiger partial charge on any atom is -0.492 e. The van der Waals surface area contributed by atoms with Crippen molar-refractivity contribution < 1.29 is 14.6 Å². The van der Waals surface area contributed by atoms with Crippen LogP contribution in [-0.2, 0) is 0 Å². The number of nitrogens with two attached hydrogens (primary N) is 1. The lowest BCUT2D eigenvalue weighted by molar-refractivity contribution is 0.0691. The molecule has 2 rings (SSSR count). The zero-order valence-electron chi connectivity index (χ0n) is 7.97. The first kappa shape index (κ1) is 11.8. The number of halogens is 1. The molecule has 5 heteroatoms. The second-order valence-corrected chi connectivity index (χ2v) is 3.27. The highest BCUT2D eigenvalue weighted by Gasteiger charge is 2.22. The third-order valence-corrected chi connectivity index (χ3v) is 2.35. The summed E-state index contributed by atoms with van der Waals surface area (Å²) < 4.78 is 5.33. The number of hydrogen-bond acceptors (Lipinski definition) is 3. The SMILES string of the molecule is Cl.N[C@@H]1CCOc2c(C(=O)O)cccc21. The van der Waals surface area contributed by atoms with Crippen LogP contribution in [0.5, 0.6) is 5.75 Å². The van der Waals surface area contributed by atoms with E-state index in [1.165, 1.54) is 6.07 Å². The van der Waals surface area contributed by atoms with Crippen LogP contribution in [0.4, 0.5) is 0 Å². The van der Waals surface area contributed by atoms with Gasteiger partial charge in [0.15, 0.2) is 0 Å². The van der Waals surface area contributed by atoms with Crippen molar-refractivity contribution in [3.63, 3.8) is 0 Å². The van der Waals surface area contributed by atoms with Gasteiger partial charge in [-0.05, 0) is 6.07 Å². The summed E-state index contributed by atoms with van der Waals surface area (Å²) in [5, 5.41) is 8.91. The number of benzene rings is 1. The van der Waals surface area contributed by atoms with Crippen LogP contribution in [0.2, 0.25) is 0 Å². The zero-order valence-corrected chi connectivity index (χ0v) is 8.79. The van der Waals surface area contributed by atoms with Gasteiger partial charge in [0, 0.05) is 18.0 Å². The molecule has 82 valence electrons. The van der Waals surface area contributed by atoms with E-state index in [1.54, 1.807) is 6.07 Å². The highest BCUT2D eigenvalue weighted by molar-refractivity contribution is 5.91. The Balaban J connectivity index is 0.00000112. The molecule has 1 aliphatic heterocycles. The Morgan fingerprint density at radius 2 is 2.27 bits per heavy atom. The monoisotopic (exact) mass is 229 g/mol. The predicted molar refractivity (Wildman–Crippen MR) is 57.7 cm³/mol. The smallest absolute Gasteiger partial charge is 0.339 e. The van der Waals surface area contributed by atoms with Crippen molar-refractivity contribution in [2.75, 3.05) is 6.61 Å². The quantitative estimate of drug-likeness (QED) is 0.767. The van der Waals surface area contributed by atoms with E-state index in [-0.39, 0.29) is 24.0 Å². The van der Waals surface area contributed by atoms with Gasteiger partial charge >= 0.3 is 5.97 Å². The minimum absolute atomic E-state index is 0. The van der Waals surface area contributed by atoms with E-state index in [9.17, 15) is 4.79 Å². The van der Waals surface area contributed by atoms with Crippen LogP contribution in [0.25, 0.3) is 0 Å². The molecule has 0 amide bonds. The molecule has 0 radical (unpaired) electrons. The first-order valence-corrected chi connectivity index (χ1v) is 4.44. The summed E-state index contributed by atoms with van der Waals surface area (Å²) in [6, 6.07) is 4.92. The molecule has 1 atom stereocenters. The molecular weight excluding hydrogens is 218 g/mol. The fourth-order valence-corrected chi connectivity index (χ4v) is 1.62. The largest absolute Gasteiger partial charge is 0.492 e. The molecule has 0 fully saturated rings. The van der Waals surface area contributed by atoms with Crippen LogP contribution in [0.1, 0.15) is 28.4 Å². The average Bonchev–Trinajstić information content (AvgIpc) is 2.17. The van der Waals surface area contributed by atoms with Gasteiger partial charge in [0.05, 0.1) is 6.61 Å². The molecule has 0 aromatic heterocycles. The third kappa shape index (κ3) is 2.06. The summed E-state index contributed by atoms with van der Waals surface area (Å²) in [5.41, 5.74) is 6.82. The van der Waals surface area contributed by atoms with Crippen molar-refractivity contribution in [1.82, 2.24) is 0 Å². The Morgan fingerprint density at radius 1 is 1.53 bits per heavy atom. The van der Waals surface area contributed by atoms with Crippen LogP contribution in [-0.4, -0.2) is 17.7 Å². The summed E-state index contributed by atoms with van der Waals surface area (Å²) in [5.74, 6) is -0.547. The van der Waals surface area contributed by atoms with Crippen molar-refractivity contribution in [3.05, 3.63) is 29.3 Å². The van der Waals surface area contributed by atoms with Gasteiger partial charge in [-0.3, -0.25) is 0 Å². The molecule has 1 heterocycles. The van der Waals surface area contributed by atoms with Gasteiger partial charge in [0.2, 0.25) is 0 Å². The van der Waals surface area contributed by atoms with E-state index in [0.29, 0.717) is 12.4 Å². The van der Waals surface area contributed by atoms with Crippen LogP contribution in [0.3, 0.4) is 0 Å². The maximum absolute atomic E-state index is 10.9. The number of carboxylic acid groups (broad SMARTS) is 1. The Hall–Kier alpha value is -1.26. The molecule has 15 heavy (non-hydrogen) atoms. The molecule has 3 N–H and O–H groups in total. The van der Waals surface area contributed by atoms with Crippen LogP contribution < -0.4 is 10.5 Å². The van der Waals surface area contributed by atoms with E-state index in [1.807, 2.05) is 6.07 Å². The highest BCUT2D eigenvalue weighted by atomic mass is 35.5. The average molecular weight is 230 g/mol. The molecule has 0 saturated carbocycles. The molecule has 4 nitrogen and oxygen atoms in total. The normalized spacial score (nSPS) is 18.3. The number of rotatable bonds is 1. The molecule has 0 saturated heterocycles. The van der Waals surface area contributed by atoms with E-state index in [4.69, 9.17) is 15.6 Å². The number of carbonyl (C=O) groups is 1.